The average molecular weight is 688 g/mol. The smallest absolute Gasteiger partial charge is 0.303 e. The Kier molecular flexibility index (Phi) is 7.02. The van der Waals surface area contributed by atoms with Crippen LogP contribution < -0.4 is 10.0 Å². The monoisotopic (exact) mass is 687 g/mol. The zero-order chi connectivity index (χ0) is 33.9. The number of benzene rings is 2. The van der Waals surface area contributed by atoms with Gasteiger partial charge < -0.3 is 24.3 Å². The summed E-state index contributed by atoms with van der Waals surface area (Å²) in [5, 5.41) is 4.65. The Morgan fingerprint density at radius 2 is 1.71 bits per heavy atom. The van der Waals surface area contributed by atoms with Crippen molar-refractivity contribution in [2.24, 2.45) is 16.2 Å². The van der Waals surface area contributed by atoms with Crippen LogP contribution in [0.25, 0.3) is 22.2 Å². The number of hydrogen-bond donors (Lipinski definition) is 2. The van der Waals surface area contributed by atoms with Gasteiger partial charge in [0, 0.05) is 92.7 Å². The van der Waals surface area contributed by atoms with E-state index in [1.807, 2.05) is 12.1 Å². The second-order valence-corrected chi connectivity index (χ2v) is 17.6. The van der Waals surface area contributed by atoms with Crippen LogP contribution in [0, 0.1) is 16.2 Å². The first-order valence-corrected chi connectivity index (χ1v) is 19.1. The SMILES string of the molecule is COC1C2c3ccccc3-c3c(C4CCCCC4)c4ccc(C(=O)NS(=O)(=O)N(C)C)cc4n3CC12C(=O)N1CC23CNCC2(COC3)C1. The summed E-state index contributed by atoms with van der Waals surface area (Å²) in [6.07, 6.45) is 5.41. The third kappa shape index (κ3) is 4.30. The van der Waals surface area contributed by atoms with E-state index < -0.39 is 21.5 Å². The van der Waals surface area contributed by atoms with E-state index in [2.05, 4.69) is 43.8 Å². The van der Waals surface area contributed by atoms with Gasteiger partial charge in [0.05, 0.1) is 25.0 Å². The van der Waals surface area contributed by atoms with Gasteiger partial charge in [-0.1, -0.05) is 49.6 Å². The van der Waals surface area contributed by atoms with E-state index in [4.69, 9.17) is 9.47 Å². The van der Waals surface area contributed by atoms with Crippen LogP contribution in [0.4, 0.5) is 0 Å². The Morgan fingerprint density at radius 3 is 2.41 bits per heavy atom. The molecule has 6 aliphatic rings. The van der Waals surface area contributed by atoms with E-state index >= 15 is 4.79 Å². The summed E-state index contributed by atoms with van der Waals surface area (Å²) < 4.78 is 43.0. The fourth-order valence-electron chi connectivity index (χ4n) is 10.5. The molecule has 4 aliphatic heterocycles. The lowest BCUT2D eigenvalue weighted by molar-refractivity contribution is -0.139. The van der Waals surface area contributed by atoms with E-state index in [0.29, 0.717) is 38.8 Å². The Balaban J connectivity index is 1.22. The van der Waals surface area contributed by atoms with Crippen molar-refractivity contribution in [1.82, 2.24) is 23.8 Å². The van der Waals surface area contributed by atoms with Gasteiger partial charge in [0.15, 0.2) is 0 Å². The zero-order valence-corrected chi connectivity index (χ0v) is 29.3. The van der Waals surface area contributed by atoms with Crippen molar-refractivity contribution in [3.8, 4) is 11.3 Å². The number of hydrogen-bond acceptors (Lipinski definition) is 7. The molecule has 2 saturated carbocycles. The lowest BCUT2D eigenvalue weighted by Gasteiger charge is -2.28. The molecular weight excluding hydrogens is 643 g/mol. The van der Waals surface area contributed by atoms with Crippen molar-refractivity contribution in [3.05, 3.63) is 59.2 Å². The van der Waals surface area contributed by atoms with Gasteiger partial charge in [0.2, 0.25) is 5.91 Å². The first kappa shape index (κ1) is 31.7. The van der Waals surface area contributed by atoms with Crippen molar-refractivity contribution in [3.63, 3.8) is 0 Å². The van der Waals surface area contributed by atoms with Crippen LogP contribution in [0.2, 0.25) is 0 Å². The van der Waals surface area contributed by atoms with Crippen molar-refractivity contribution >= 4 is 32.9 Å². The minimum absolute atomic E-state index is 0.0660. The molecule has 5 unspecified atom stereocenters. The Hall–Kier alpha value is -3.29. The number of likely N-dealkylation sites (tertiary alicyclic amines) is 1. The van der Waals surface area contributed by atoms with Gasteiger partial charge in [-0.3, -0.25) is 9.59 Å². The molecule has 5 atom stereocenters. The highest BCUT2D eigenvalue weighted by atomic mass is 32.2. The number of aromatic nitrogens is 1. The molecule has 1 aromatic heterocycles. The largest absolute Gasteiger partial charge is 0.380 e. The molecule has 2 aromatic carbocycles. The Morgan fingerprint density at radius 1 is 1.00 bits per heavy atom. The van der Waals surface area contributed by atoms with Crippen molar-refractivity contribution in [2.45, 2.75) is 56.6 Å². The summed E-state index contributed by atoms with van der Waals surface area (Å²) in [6, 6.07) is 14.0. The molecular formula is C37H45N5O6S. The van der Waals surface area contributed by atoms with E-state index in [1.54, 1.807) is 13.2 Å². The molecule has 2 aliphatic carbocycles. The summed E-state index contributed by atoms with van der Waals surface area (Å²) in [7, 11) is 0.507. The molecule has 3 saturated heterocycles. The number of rotatable bonds is 6. The van der Waals surface area contributed by atoms with Gasteiger partial charge in [0.25, 0.3) is 5.91 Å². The molecule has 49 heavy (non-hydrogen) atoms. The number of amides is 2. The summed E-state index contributed by atoms with van der Waals surface area (Å²) >= 11 is 0. The first-order chi connectivity index (χ1) is 23.6. The van der Waals surface area contributed by atoms with Gasteiger partial charge in [-0.05, 0) is 42.0 Å². The van der Waals surface area contributed by atoms with Gasteiger partial charge in [-0.2, -0.15) is 12.7 Å². The van der Waals surface area contributed by atoms with E-state index in [9.17, 15) is 13.2 Å². The lowest BCUT2D eigenvalue weighted by atomic mass is 9.71. The molecule has 5 fully saturated rings. The van der Waals surface area contributed by atoms with E-state index in [0.717, 1.165) is 70.8 Å². The summed E-state index contributed by atoms with van der Waals surface area (Å²) in [6.45, 7) is 4.80. The van der Waals surface area contributed by atoms with Crippen molar-refractivity contribution < 1.29 is 27.5 Å². The molecule has 0 bridgehead atoms. The van der Waals surface area contributed by atoms with Gasteiger partial charge in [-0.15, -0.1) is 0 Å². The molecule has 9 rings (SSSR count). The predicted molar refractivity (Wildman–Crippen MR) is 184 cm³/mol. The number of ether oxygens (including phenoxy) is 2. The maximum atomic E-state index is 15.2. The predicted octanol–water partition coefficient (Wildman–Crippen LogP) is 3.45. The Labute approximate surface area is 287 Å². The molecule has 0 spiro atoms. The zero-order valence-electron chi connectivity index (χ0n) is 28.5. The molecule has 5 heterocycles. The minimum atomic E-state index is -3.98. The summed E-state index contributed by atoms with van der Waals surface area (Å²) in [5.74, 6) is -0.323. The number of nitrogens with one attached hydrogen (secondary N) is 2. The second-order valence-electron chi connectivity index (χ2n) is 15.7. The van der Waals surface area contributed by atoms with Crippen LogP contribution in [-0.2, 0) is 31.0 Å². The topological polar surface area (TPSA) is 122 Å². The van der Waals surface area contributed by atoms with Gasteiger partial charge in [-0.25, -0.2) is 4.72 Å². The van der Waals surface area contributed by atoms with Crippen LogP contribution in [0.5, 0.6) is 0 Å². The third-order valence-corrected chi connectivity index (χ3v) is 14.4. The maximum absolute atomic E-state index is 15.2. The van der Waals surface area contributed by atoms with Crippen LogP contribution in [-0.4, -0.2) is 101 Å². The number of fused-ring (bicyclic) bond motifs is 7. The highest BCUT2D eigenvalue weighted by Gasteiger charge is 2.75. The second kappa shape index (κ2) is 10.9. The molecule has 260 valence electrons. The molecule has 2 amide bonds. The Bertz CT molecular complexity index is 1970. The quantitative estimate of drug-likeness (QED) is 0.407. The molecule has 0 radical (unpaired) electrons. The first-order valence-electron chi connectivity index (χ1n) is 17.7. The maximum Gasteiger partial charge on any atom is 0.303 e. The average Bonchev–Trinajstić information content (AvgIpc) is 3.31. The fourth-order valence-corrected chi connectivity index (χ4v) is 11.1. The van der Waals surface area contributed by atoms with E-state index in [1.165, 1.54) is 26.1 Å². The number of methoxy groups -OCH3 is 1. The normalized spacial score (nSPS) is 32.0. The standard InChI is InChI=1S/C37H45N5O6S/c1-40(2)49(45,46)39-33(43)24-13-14-27-28(15-24)42-20-37(34(44)41-18-35-16-38-17-36(35,19-41)22-48-21-35)30(32(37)47-3)25-11-7-8-12-26(25)31(42)29(27)23-9-5-4-6-10-23/h7-8,11-15,23,30,32,38H,4-6,9-10,16-22H2,1-3H3,(H,39,43). The highest BCUT2D eigenvalue weighted by Crippen LogP contribution is 2.68. The third-order valence-electron chi connectivity index (χ3n) is 13.0. The van der Waals surface area contributed by atoms with Crippen molar-refractivity contribution in [2.75, 3.05) is 60.6 Å². The van der Waals surface area contributed by atoms with Crippen LogP contribution in [0.15, 0.2) is 42.5 Å². The molecule has 2 N–H and O–H groups in total. The van der Waals surface area contributed by atoms with E-state index in [-0.39, 0.29) is 34.3 Å². The van der Waals surface area contributed by atoms with Gasteiger partial charge in [0.1, 0.15) is 5.41 Å². The van der Waals surface area contributed by atoms with Crippen LogP contribution in [0.3, 0.4) is 0 Å². The lowest BCUT2D eigenvalue weighted by Crippen LogP contribution is -2.44. The fraction of sp³-hybridized carbons (Fsp3) is 0.568. The van der Waals surface area contributed by atoms with Crippen LogP contribution in [0.1, 0.15) is 65.4 Å². The molecule has 11 nitrogen and oxygen atoms in total. The molecule has 3 aromatic rings. The molecule has 12 heteroatoms. The number of nitrogens with zero attached hydrogens (tertiary/aromatic N) is 3. The van der Waals surface area contributed by atoms with Crippen LogP contribution >= 0.6 is 0 Å². The number of carbonyl (C=O) groups excluding carboxylic acids is 2. The summed E-state index contributed by atoms with van der Waals surface area (Å²) in [4.78, 5) is 30.8. The summed E-state index contributed by atoms with van der Waals surface area (Å²) in [5.41, 5.74) is 4.80. The van der Waals surface area contributed by atoms with Crippen molar-refractivity contribution in [1.29, 1.82) is 0 Å². The van der Waals surface area contributed by atoms with Gasteiger partial charge >= 0.3 is 10.2 Å². The minimum Gasteiger partial charge on any atom is -0.380 e. The number of carbonyl (C=O) groups is 2. The highest BCUT2D eigenvalue weighted by molar-refractivity contribution is 7.87.